The first kappa shape index (κ1) is 10.3. The molecular formula is C10H6N4OS. The number of nitrogens with one attached hydrogen (secondary N) is 1. The summed E-state index contributed by atoms with van der Waals surface area (Å²) in [5.41, 5.74) is 1.46. The zero-order valence-electron chi connectivity index (χ0n) is 8.04. The Morgan fingerprint density at radius 1 is 1.38 bits per heavy atom. The van der Waals surface area contributed by atoms with E-state index in [4.69, 9.17) is 5.26 Å². The molecule has 1 amide bonds. The van der Waals surface area contributed by atoms with Crippen LogP contribution < -0.4 is 5.32 Å². The van der Waals surface area contributed by atoms with Crippen molar-refractivity contribution in [2.45, 2.75) is 0 Å². The molecule has 2 aromatic rings. The zero-order valence-corrected chi connectivity index (χ0v) is 8.86. The van der Waals surface area contributed by atoms with Gasteiger partial charge in [0.25, 0.3) is 5.91 Å². The Hall–Kier alpha value is -2.26. The van der Waals surface area contributed by atoms with Crippen molar-refractivity contribution >= 4 is 23.1 Å². The van der Waals surface area contributed by atoms with Crippen LogP contribution in [0.15, 0.2) is 29.6 Å². The number of hydrogen-bond acceptors (Lipinski definition) is 5. The number of hydrogen-bond donors (Lipinski definition) is 1. The number of carbonyl (C=O) groups is 1. The van der Waals surface area contributed by atoms with Crippen molar-refractivity contribution in [3.63, 3.8) is 0 Å². The molecule has 1 heterocycles. The number of benzene rings is 1. The number of carbonyl (C=O) groups excluding carboxylic acids is 1. The number of aromatic nitrogens is 2. The van der Waals surface area contributed by atoms with Crippen LogP contribution >= 0.6 is 11.5 Å². The number of amides is 1. The van der Waals surface area contributed by atoms with Gasteiger partial charge in [0.2, 0.25) is 0 Å². The lowest BCUT2D eigenvalue weighted by Crippen LogP contribution is -2.12. The van der Waals surface area contributed by atoms with Gasteiger partial charge in [-0.05, 0) is 35.8 Å². The molecule has 6 heteroatoms. The molecule has 16 heavy (non-hydrogen) atoms. The predicted octanol–water partition coefficient (Wildman–Crippen LogP) is 1.66. The van der Waals surface area contributed by atoms with Gasteiger partial charge in [-0.25, -0.2) is 0 Å². The number of nitrogens with zero attached hydrogens (tertiary/aromatic N) is 3. The minimum absolute atomic E-state index is 0.286. The van der Waals surface area contributed by atoms with Crippen LogP contribution in [0, 0.1) is 11.3 Å². The molecule has 1 aromatic carbocycles. The Bertz CT molecular complexity index is 527. The lowest BCUT2D eigenvalue weighted by Gasteiger charge is -2.01. The van der Waals surface area contributed by atoms with E-state index in [0.717, 1.165) is 11.5 Å². The second-order valence-corrected chi connectivity index (χ2v) is 3.54. The Labute approximate surface area is 95.5 Å². The minimum atomic E-state index is -0.307. The fourth-order valence-corrected chi connectivity index (χ4v) is 1.52. The van der Waals surface area contributed by atoms with E-state index < -0.39 is 0 Å². The summed E-state index contributed by atoms with van der Waals surface area (Å²) < 4.78 is 3.60. The summed E-state index contributed by atoms with van der Waals surface area (Å²) in [7, 11) is 0. The van der Waals surface area contributed by atoms with Gasteiger partial charge in [-0.2, -0.15) is 5.26 Å². The Morgan fingerprint density at radius 3 is 2.69 bits per heavy atom. The summed E-state index contributed by atoms with van der Waals surface area (Å²) in [4.78, 5) is 11.6. The molecule has 5 nitrogen and oxygen atoms in total. The van der Waals surface area contributed by atoms with Gasteiger partial charge in [-0.1, -0.05) is 4.49 Å². The topological polar surface area (TPSA) is 78.7 Å². The molecule has 0 spiro atoms. The normalized spacial score (nSPS) is 9.44. The van der Waals surface area contributed by atoms with Crippen molar-refractivity contribution in [1.29, 1.82) is 5.26 Å². The fourth-order valence-electron chi connectivity index (χ4n) is 1.09. The van der Waals surface area contributed by atoms with Gasteiger partial charge >= 0.3 is 0 Å². The van der Waals surface area contributed by atoms with Crippen LogP contribution in [0.5, 0.6) is 0 Å². The minimum Gasteiger partial charge on any atom is -0.321 e. The van der Waals surface area contributed by atoms with Crippen molar-refractivity contribution in [1.82, 2.24) is 9.59 Å². The first-order chi connectivity index (χ1) is 7.79. The molecule has 78 valence electrons. The van der Waals surface area contributed by atoms with Crippen molar-refractivity contribution < 1.29 is 4.79 Å². The largest absolute Gasteiger partial charge is 0.321 e. The quantitative estimate of drug-likeness (QED) is 0.850. The summed E-state index contributed by atoms with van der Waals surface area (Å²) >= 11 is 1.12. The van der Waals surface area contributed by atoms with Gasteiger partial charge in [0.05, 0.1) is 11.6 Å². The first-order valence-electron chi connectivity index (χ1n) is 4.38. The molecule has 2 rings (SSSR count). The van der Waals surface area contributed by atoms with E-state index in [1.165, 1.54) is 0 Å². The highest BCUT2D eigenvalue weighted by Crippen LogP contribution is 2.10. The molecule has 0 bridgehead atoms. The molecule has 0 saturated heterocycles. The van der Waals surface area contributed by atoms with Crippen LogP contribution in [-0.4, -0.2) is 15.5 Å². The van der Waals surface area contributed by atoms with Gasteiger partial charge < -0.3 is 5.32 Å². The number of anilines is 1. The molecule has 0 fully saturated rings. The molecule has 0 aliphatic heterocycles. The van der Waals surface area contributed by atoms with Crippen LogP contribution in [0.3, 0.4) is 0 Å². The second-order valence-electron chi connectivity index (χ2n) is 2.93. The molecule has 1 N–H and O–H groups in total. The summed E-state index contributed by atoms with van der Waals surface area (Å²) in [6, 6.07) is 8.60. The lowest BCUT2D eigenvalue weighted by atomic mass is 10.2. The summed E-state index contributed by atoms with van der Waals surface area (Å²) in [5, 5.41) is 16.5. The third-order valence-electron chi connectivity index (χ3n) is 1.86. The van der Waals surface area contributed by atoms with E-state index in [1.807, 2.05) is 6.07 Å². The van der Waals surface area contributed by atoms with Gasteiger partial charge in [0.15, 0.2) is 5.69 Å². The van der Waals surface area contributed by atoms with E-state index in [0.29, 0.717) is 11.3 Å². The second kappa shape index (κ2) is 4.51. The Kier molecular flexibility index (Phi) is 2.89. The molecule has 0 atom stereocenters. The van der Waals surface area contributed by atoms with Gasteiger partial charge in [0, 0.05) is 11.1 Å². The highest BCUT2D eigenvalue weighted by Gasteiger charge is 2.08. The van der Waals surface area contributed by atoms with Gasteiger partial charge in [0.1, 0.15) is 0 Å². The van der Waals surface area contributed by atoms with Crippen LogP contribution in [0.4, 0.5) is 5.69 Å². The maximum Gasteiger partial charge on any atom is 0.277 e. The van der Waals surface area contributed by atoms with Gasteiger partial charge in [-0.3, -0.25) is 4.79 Å². The molecule has 1 aromatic heterocycles. The molecule has 0 aliphatic carbocycles. The SMILES string of the molecule is N#Cc1ccc(NC(=O)c2csnn2)cc1. The molecule has 0 radical (unpaired) electrons. The smallest absolute Gasteiger partial charge is 0.277 e. The maximum atomic E-state index is 11.6. The summed E-state index contributed by atoms with van der Waals surface area (Å²) in [6.45, 7) is 0. The van der Waals surface area contributed by atoms with Crippen LogP contribution in [-0.2, 0) is 0 Å². The third kappa shape index (κ3) is 2.21. The number of nitriles is 1. The zero-order chi connectivity index (χ0) is 11.4. The van der Waals surface area contributed by atoms with Crippen molar-refractivity contribution in [3.05, 3.63) is 40.9 Å². The molecule has 0 aliphatic rings. The van der Waals surface area contributed by atoms with E-state index in [2.05, 4.69) is 14.9 Å². The Balaban J connectivity index is 2.10. The van der Waals surface area contributed by atoms with Gasteiger partial charge in [-0.15, -0.1) is 5.10 Å². The van der Waals surface area contributed by atoms with Crippen LogP contribution in [0.25, 0.3) is 0 Å². The van der Waals surface area contributed by atoms with Crippen molar-refractivity contribution in [3.8, 4) is 6.07 Å². The Morgan fingerprint density at radius 2 is 2.12 bits per heavy atom. The lowest BCUT2D eigenvalue weighted by molar-refractivity contribution is 0.102. The fraction of sp³-hybridized carbons (Fsp3) is 0. The van der Waals surface area contributed by atoms with E-state index in [1.54, 1.807) is 29.6 Å². The first-order valence-corrected chi connectivity index (χ1v) is 5.22. The standard InChI is InChI=1S/C10H6N4OS/c11-5-7-1-3-8(4-2-7)12-10(15)9-6-16-14-13-9/h1-4,6H,(H,12,15). The highest BCUT2D eigenvalue weighted by molar-refractivity contribution is 7.03. The summed E-state index contributed by atoms with van der Waals surface area (Å²) in [6.07, 6.45) is 0. The van der Waals surface area contributed by atoms with Crippen molar-refractivity contribution in [2.24, 2.45) is 0 Å². The van der Waals surface area contributed by atoms with E-state index >= 15 is 0 Å². The van der Waals surface area contributed by atoms with E-state index in [9.17, 15) is 4.79 Å². The third-order valence-corrected chi connectivity index (χ3v) is 2.37. The van der Waals surface area contributed by atoms with Crippen LogP contribution in [0.2, 0.25) is 0 Å². The van der Waals surface area contributed by atoms with E-state index in [-0.39, 0.29) is 11.6 Å². The molecular weight excluding hydrogens is 224 g/mol. The maximum absolute atomic E-state index is 11.6. The summed E-state index contributed by atoms with van der Waals surface area (Å²) in [5.74, 6) is -0.307. The predicted molar refractivity (Wildman–Crippen MR) is 59.0 cm³/mol. The average Bonchev–Trinajstić information content (AvgIpc) is 2.83. The monoisotopic (exact) mass is 230 g/mol. The van der Waals surface area contributed by atoms with Crippen LogP contribution in [0.1, 0.15) is 16.1 Å². The number of rotatable bonds is 2. The molecule has 0 unspecified atom stereocenters. The van der Waals surface area contributed by atoms with Crippen molar-refractivity contribution in [2.75, 3.05) is 5.32 Å². The molecule has 0 saturated carbocycles. The highest BCUT2D eigenvalue weighted by atomic mass is 32.1. The average molecular weight is 230 g/mol.